The second kappa shape index (κ2) is 11.0. The minimum Gasteiger partial charge on any atom is -0.384 e. The van der Waals surface area contributed by atoms with Gasteiger partial charge < -0.3 is 16.4 Å². The van der Waals surface area contributed by atoms with Gasteiger partial charge in [0.25, 0.3) is 0 Å². The first-order valence-electron chi connectivity index (χ1n) is 9.54. The van der Waals surface area contributed by atoms with Crippen LogP contribution in [0.5, 0.6) is 0 Å². The van der Waals surface area contributed by atoms with E-state index in [2.05, 4.69) is 15.6 Å². The monoisotopic (exact) mass is 501 g/mol. The van der Waals surface area contributed by atoms with Crippen molar-refractivity contribution in [1.29, 1.82) is 0 Å². The van der Waals surface area contributed by atoms with E-state index in [0.29, 0.717) is 21.4 Å². The quantitative estimate of drug-likeness (QED) is 0.477. The molecule has 9 nitrogen and oxygen atoms in total. The van der Waals surface area contributed by atoms with Gasteiger partial charge in [0.05, 0.1) is 16.3 Å². The number of nitrogens with zero attached hydrogens (tertiary/aromatic N) is 2. The minimum atomic E-state index is -3.60. The fraction of sp³-hybridized carbons (Fsp3) is 0.350. The van der Waals surface area contributed by atoms with E-state index >= 15 is 0 Å². The lowest BCUT2D eigenvalue weighted by atomic mass is 10.0. The summed E-state index contributed by atoms with van der Waals surface area (Å²) in [4.78, 5) is 29.6. The second-order valence-electron chi connectivity index (χ2n) is 7.28. The Morgan fingerprint density at radius 2 is 1.78 bits per heavy atom. The number of benzene rings is 1. The minimum absolute atomic E-state index is 0.115. The topological polar surface area (TPSA) is 134 Å². The predicted molar refractivity (Wildman–Crippen MR) is 125 cm³/mol. The van der Waals surface area contributed by atoms with Crippen LogP contribution in [0.1, 0.15) is 18.1 Å². The summed E-state index contributed by atoms with van der Waals surface area (Å²) < 4.78 is 24.5. The Kier molecular flexibility index (Phi) is 8.85. The SMILES string of the molecule is C[C@H](C(=O)N[C@@H](Cc1ccc(Cl)c(Cl)c1)C(=O)NCc1ccc(N)nc1)N(C)S(C)(=O)=O. The Hall–Kier alpha value is -2.40. The van der Waals surface area contributed by atoms with Gasteiger partial charge in [-0.3, -0.25) is 9.59 Å². The fourth-order valence-corrected chi connectivity index (χ4v) is 3.70. The number of likely N-dealkylation sites (N-methyl/N-ethyl adjacent to an activating group) is 1. The van der Waals surface area contributed by atoms with Crippen molar-refractivity contribution >= 4 is 50.9 Å². The number of carbonyl (C=O) groups is 2. The van der Waals surface area contributed by atoms with Gasteiger partial charge in [0.1, 0.15) is 17.9 Å². The van der Waals surface area contributed by atoms with Crippen molar-refractivity contribution in [2.45, 2.75) is 32.0 Å². The van der Waals surface area contributed by atoms with Crippen molar-refractivity contribution in [3.63, 3.8) is 0 Å². The van der Waals surface area contributed by atoms with Gasteiger partial charge in [0, 0.05) is 26.2 Å². The van der Waals surface area contributed by atoms with Crippen molar-refractivity contribution in [3.8, 4) is 0 Å². The molecule has 0 unspecified atom stereocenters. The molecule has 0 aliphatic rings. The maximum absolute atomic E-state index is 12.9. The normalized spacial score (nSPS) is 13.4. The van der Waals surface area contributed by atoms with Crippen LogP contribution < -0.4 is 16.4 Å². The van der Waals surface area contributed by atoms with Crippen molar-refractivity contribution in [1.82, 2.24) is 19.9 Å². The highest BCUT2D eigenvalue weighted by Crippen LogP contribution is 2.23. The van der Waals surface area contributed by atoms with Crippen LogP contribution in [0.2, 0.25) is 10.0 Å². The molecule has 0 saturated carbocycles. The molecule has 4 N–H and O–H groups in total. The molecule has 174 valence electrons. The number of nitrogen functional groups attached to an aromatic ring is 1. The summed E-state index contributed by atoms with van der Waals surface area (Å²) in [6.07, 6.45) is 2.65. The number of nitrogens with one attached hydrogen (secondary N) is 2. The summed E-state index contributed by atoms with van der Waals surface area (Å²) in [5.41, 5.74) is 6.95. The first-order valence-corrected chi connectivity index (χ1v) is 12.1. The Morgan fingerprint density at radius 3 is 2.34 bits per heavy atom. The standard InChI is InChI=1S/C20H25Cl2N5O4S/c1-12(27(2)32(3,30)31)19(28)26-17(9-13-4-6-15(21)16(22)8-13)20(29)25-11-14-5-7-18(23)24-10-14/h4-8,10,12,17H,9,11H2,1-3H3,(H2,23,24)(H,25,29)(H,26,28)/t12-,17+/m1/s1. The number of halogens is 2. The summed E-state index contributed by atoms with van der Waals surface area (Å²) in [6.45, 7) is 1.60. The van der Waals surface area contributed by atoms with E-state index < -0.39 is 33.9 Å². The van der Waals surface area contributed by atoms with Gasteiger partial charge in [-0.15, -0.1) is 0 Å². The molecular formula is C20H25Cl2N5O4S. The lowest BCUT2D eigenvalue weighted by molar-refractivity contribution is -0.130. The van der Waals surface area contributed by atoms with Gasteiger partial charge in [-0.1, -0.05) is 35.3 Å². The molecule has 1 aromatic carbocycles. The molecule has 0 spiro atoms. The summed E-state index contributed by atoms with van der Waals surface area (Å²) in [6, 6.07) is 6.21. The van der Waals surface area contributed by atoms with Gasteiger partial charge >= 0.3 is 0 Å². The highest BCUT2D eigenvalue weighted by atomic mass is 35.5. The fourth-order valence-electron chi connectivity index (χ4n) is 2.71. The summed E-state index contributed by atoms with van der Waals surface area (Å²) >= 11 is 12.0. The van der Waals surface area contributed by atoms with E-state index in [1.807, 2.05) is 0 Å². The zero-order valence-corrected chi connectivity index (χ0v) is 20.1. The smallest absolute Gasteiger partial charge is 0.243 e. The number of hydrogen-bond donors (Lipinski definition) is 3. The summed E-state index contributed by atoms with van der Waals surface area (Å²) in [7, 11) is -2.31. The van der Waals surface area contributed by atoms with Crippen LogP contribution in [0.3, 0.4) is 0 Å². The van der Waals surface area contributed by atoms with Gasteiger partial charge in [-0.05, 0) is 36.2 Å². The first-order chi connectivity index (χ1) is 14.9. The Morgan fingerprint density at radius 1 is 1.12 bits per heavy atom. The molecule has 2 amide bonds. The Balaban J connectivity index is 2.18. The molecule has 1 aromatic heterocycles. The molecule has 2 aromatic rings. The number of anilines is 1. The van der Waals surface area contributed by atoms with E-state index in [1.165, 1.54) is 20.2 Å². The average Bonchev–Trinajstić information content (AvgIpc) is 2.73. The van der Waals surface area contributed by atoms with Crippen LogP contribution in [0.25, 0.3) is 0 Å². The average molecular weight is 502 g/mol. The molecule has 0 radical (unpaired) electrons. The van der Waals surface area contributed by atoms with Gasteiger partial charge in [0.15, 0.2) is 0 Å². The maximum atomic E-state index is 12.9. The maximum Gasteiger partial charge on any atom is 0.243 e. The number of hydrogen-bond acceptors (Lipinski definition) is 6. The van der Waals surface area contributed by atoms with Crippen LogP contribution in [0.4, 0.5) is 5.82 Å². The van der Waals surface area contributed by atoms with Crippen LogP contribution in [-0.4, -0.2) is 54.9 Å². The number of sulfonamides is 1. The zero-order chi connectivity index (χ0) is 24.1. The number of rotatable bonds is 9. The van der Waals surface area contributed by atoms with Crippen molar-refractivity contribution in [3.05, 3.63) is 57.7 Å². The van der Waals surface area contributed by atoms with Gasteiger partial charge in [-0.25, -0.2) is 13.4 Å². The van der Waals surface area contributed by atoms with Crippen molar-refractivity contribution < 1.29 is 18.0 Å². The Labute approximate surface area is 197 Å². The Bertz CT molecular complexity index is 1080. The zero-order valence-electron chi connectivity index (χ0n) is 17.8. The largest absolute Gasteiger partial charge is 0.384 e. The van der Waals surface area contributed by atoms with Gasteiger partial charge in [0.2, 0.25) is 21.8 Å². The molecule has 2 rings (SSSR count). The molecular weight excluding hydrogens is 477 g/mol. The molecule has 0 aliphatic carbocycles. The van der Waals surface area contributed by atoms with E-state index in [9.17, 15) is 18.0 Å². The third-order valence-corrected chi connectivity index (χ3v) is 6.92. The van der Waals surface area contributed by atoms with E-state index in [0.717, 1.165) is 16.1 Å². The lowest BCUT2D eigenvalue weighted by Crippen LogP contribution is -2.53. The number of pyridine rings is 1. The van der Waals surface area contributed by atoms with Crippen LogP contribution in [0, 0.1) is 0 Å². The molecule has 0 aliphatic heterocycles. The molecule has 2 atom stereocenters. The highest BCUT2D eigenvalue weighted by molar-refractivity contribution is 7.88. The molecule has 0 saturated heterocycles. The predicted octanol–water partition coefficient (Wildman–Crippen LogP) is 1.59. The van der Waals surface area contributed by atoms with Crippen LogP contribution in [0.15, 0.2) is 36.5 Å². The third-order valence-electron chi connectivity index (χ3n) is 4.82. The number of carbonyl (C=O) groups excluding carboxylic acids is 2. The summed E-state index contributed by atoms with van der Waals surface area (Å²) in [5.74, 6) is -0.725. The number of aromatic nitrogens is 1. The molecule has 1 heterocycles. The van der Waals surface area contributed by atoms with E-state index in [4.69, 9.17) is 28.9 Å². The first kappa shape index (κ1) is 25.9. The second-order valence-corrected chi connectivity index (χ2v) is 10.1. The van der Waals surface area contributed by atoms with Crippen molar-refractivity contribution in [2.24, 2.45) is 0 Å². The van der Waals surface area contributed by atoms with E-state index in [1.54, 1.807) is 30.3 Å². The number of nitrogens with two attached hydrogens (primary N) is 1. The van der Waals surface area contributed by atoms with Gasteiger partial charge in [-0.2, -0.15) is 4.31 Å². The highest BCUT2D eigenvalue weighted by Gasteiger charge is 2.29. The van der Waals surface area contributed by atoms with Crippen LogP contribution in [-0.2, 0) is 32.6 Å². The van der Waals surface area contributed by atoms with Crippen molar-refractivity contribution in [2.75, 3.05) is 19.0 Å². The van der Waals surface area contributed by atoms with E-state index in [-0.39, 0.29) is 13.0 Å². The molecule has 0 fully saturated rings. The number of amides is 2. The molecule has 12 heteroatoms. The lowest BCUT2D eigenvalue weighted by Gasteiger charge is -2.25. The summed E-state index contributed by atoms with van der Waals surface area (Å²) in [5, 5.41) is 6.05. The molecule has 0 bridgehead atoms. The molecule has 32 heavy (non-hydrogen) atoms. The van der Waals surface area contributed by atoms with Crippen LogP contribution >= 0.6 is 23.2 Å². The third kappa shape index (κ3) is 7.33.